The second kappa shape index (κ2) is 4.35. The van der Waals surface area contributed by atoms with Gasteiger partial charge < -0.3 is 14.9 Å². The number of carboxylic acid groups (broad SMARTS) is 1. The van der Waals surface area contributed by atoms with E-state index in [1.54, 1.807) is 13.0 Å². The molecule has 1 fully saturated rings. The quantitative estimate of drug-likeness (QED) is 0.886. The second-order valence-electron chi connectivity index (χ2n) is 4.65. The van der Waals surface area contributed by atoms with Crippen molar-refractivity contribution in [2.45, 2.75) is 31.6 Å². The molecule has 0 amide bonds. The molecule has 0 unspecified atom stereocenters. The fourth-order valence-corrected chi connectivity index (χ4v) is 2.65. The van der Waals surface area contributed by atoms with Crippen LogP contribution >= 0.6 is 11.6 Å². The second-order valence-corrected chi connectivity index (χ2v) is 5.06. The number of hydrogen-bond donors (Lipinski definition) is 2. The molecule has 2 N–H and O–H groups in total. The Bertz CT molecular complexity index is 506. The van der Waals surface area contributed by atoms with Gasteiger partial charge in [0.15, 0.2) is 11.5 Å². The lowest BCUT2D eigenvalue weighted by Crippen LogP contribution is -2.42. The van der Waals surface area contributed by atoms with E-state index in [2.05, 4.69) is 0 Å². The minimum absolute atomic E-state index is 0.110. The molecule has 0 heterocycles. The predicted octanol–water partition coefficient (Wildman–Crippen LogP) is 2.87. The van der Waals surface area contributed by atoms with Crippen LogP contribution in [-0.4, -0.2) is 23.3 Å². The molecule has 1 aliphatic rings. The highest BCUT2D eigenvalue weighted by Crippen LogP contribution is 2.51. The molecule has 1 saturated carbocycles. The Balaban J connectivity index is 2.65. The molecule has 1 aromatic carbocycles. The van der Waals surface area contributed by atoms with Crippen molar-refractivity contribution in [1.29, 1.82) is 0 Å². The van der Waals surface area contributed by atoms with Crippen LogP contribution in [0.4, 0.5) is 0 Å². The van der Waals surface area contributed by atoms with Crippen LogP contribution in [0.3, 0.4) is 0 Å². The van der Waals surface area contributed by atoms with E-state index in [0.29, 0.717) is 29.0 Å². The monoisotopic (exact) mass is 270 g/mol. The zero-order valence-corrected chi connectivity index (χ0v) is 11.0. The summed E-state index contributed by atoms with van der Waals surface area (Å²) < 4.78 is 5.11. The fourth-order valence-electron chi connectivity index (χ4n) is 2.46. The van der Waals surface area contributed by atoms with Gasteiger partial charge in [-0.15, -0.1) is 0 Å². The fraction of sp³-hybridized carbons (Fsp3) is 0.462. The van der Waals surface area contributed by atoms with Gasteiger partial charge in [0.25, 0.3) is 0 Å². The highest BCUT2D eigenvalue weighted by Gasteiger charge is 2.48. The number of phenolic OH excluding ortho intramolecular Hbond substituents is 1. The van der Waals surface area contributed by atoms with Gasteiger partial charge in [-0.1, -0.05) is 18.0 Å². The first-order valence-corrected chi connectivity index (χ1v) is 6.12. The average molecular weight is 271 g/mol. The normalized spacial score (nSPS) is 17.1. The van der Waals surface area contributed by atoms with Crippen LogP contribution in [0.1, 0.15) is 30.4 Å². The van der Waals surface area contributed by atoms with Gasteiger partial charge in [0.05, 0.1) is 12.5 Å². The van der Waals surface area contributed by atoms with Gasteiger partial charge in [-0.2, -0.15) is 0 Å². The van der Waals surface area contributed by atoms with Crippen LogP contribution < -0.4 is 4.74 Å². The molecule has 2 rings (SSSR count). The third-order valence-corrected chi connectivity index (χ3v) is 4.17. The van der Waals surface area contributed by atoms with Gasteiger partial charge in [0, 0.05) is 16.1 Å². The first-order valence-electron chi connectivity index (χ1n) is 5.74. The van der Waals surface area contributed by atoms with E-state index in [-0.39, 0.29) is 11.5 Å². The van der Waals surface area contributed by atoms with E-state index in [9.17, 15) is 15.0 Å². The number of carboxylic acids is 1. The maximum atomic E-state index is 11.5. The number of carbonyl (C=O) groups is 1. The number of aromatic hydroxyl groups is 1. The van der Waals surface area contributed by atoms with E-state index >= 15 is 0 Å². The summed E-state index contributed by atoms with van der Waals surface area (Å²) in [6.45, 7) is 1.72. The van der Waals surface area contributed by atoms with Gasteiger partial charge in [-0.3, -0.25) is 4.79 Å². The Labute approximate surface area is 110 Å². The van der Waals surface area contributed by atoms with Crippen molar-refractivity contribution in [3.63, 3.8) is 0 Å². The molecule has 0 aromatic heterocycles. The summed E-state index contributed by atoms with van der Waals surface area (Å²) in [6, 6.07) is 1.54. The van der Waals surface area contributed by atoms with Gasteiger partial charge in [0.1, 0.15) is 0 Å². The van der Waals surface area contributed by atoms with Crippen molar-refractivity contribution >= 4 is 17.6 Å². The van der Waals surface area contributed by atoms with Crippen molar-refractivity contribution in [1.82, 2.24) is 0 Å². The van der Waals surface area contributed by atoms with Crippen molar-refractivity contribution in [3.05, 3.63) is 22.2 Å². The summed E-state index contributed by atoms with van der Waals surface area (Å²) in [5.41, 5.74) is -0.0525. The van der Waals surface area contributed by atoms with Crippen molar-refractivity contribution < 1.29 is 19.7 Å². The van der Waals surface area contributed by atoms with Crippen molar-refractivity contribution in [2.24, 2.45) is 0 Å². The number of hydrogen-bond acceptors (Lipinski definition) is 3. The van der Waals surface area contributed by atoms with Crippen LogP contribution in [0.15, 0.2) is 6.07 Å². The van der Waals surface area contributed by atoms with Gasteiger partial charge in [-0.25, -0.2) is 0 Å². The Morgan fingerprint density at radius 1 is 1.50 bits per heavy atom. The van der Waals surface area contributed by atoms with E-state index < -0.39 is 11.4 Å². The Morgan fingerprint density at radius 2 is 2.11 bits per heavy atom. The van der Waals surface area contributed by atoms with Crippen LogP contribution in [0.5, 0.6) is 11.5 Å². The summed E-state index contributed by atoms with van der Waals surface area (Å²) in [5, 5.41) is 20.0. The Hall–Kier alpha value is -1.42. The Kier molecular flexibility index (Phi) is 3.15. The van der Waals surface area contributed by atoms with E-state index in [1.807, 2.05) is 0 Å². The summed E-state index contributed by atoms with van der Waals surface area (Å²) in [5.74, 6) is -0.780. The molecule has 98 valence electrons. The molecule has 0 saturated heterocycles. The molecule has 0 aliphatic heterocycles. The maximum Gasteiger partial charge on any atom is 0.314 e. The van der Waals surface area contributed by atoms with Crippen molar-refractivity contribution in [2.75, 3.05) is 7.11 Å². The number of rotatable bonds is 3. The zero-order valence-electron chi connectivity index (χ0n) is 10.3. The van der Waals surface area contributed by atoms with Crippen molar-refractivity contribution in [3.8, 4) is 11.5 Å². The Morgan fingerprint density at radius 3 is 2.50 bits per heavy atom. The highest BCUT2D eigenvalue weighted by atomic mass is 35.5. The first kappa shape index (κ1) is 13.0. The zero-order chi connectivity index (χ0) is 13.5. The third-order valence-electron chi connectivity index (χ3n) is 3.78. The molecule has 0 spiro atoms. The van der Waals surface area contributed by atoms with Crippen LogP contribution in [-0.2, 0) is 10.2 Å². The maximum absolute atomic E-state index is 11.5. The lowest BCUT2D eigenvalue weighted by atomic mass is 9.64. The minimum atomic E-state index is -1.02. The lowest BCUT2D eigenvalue weighted by Gasteiger charge is -2.38. The number of aliphatic carboxylic acids is 1. The first-order chi connectivity index (χ1) is 8.44. The molecular weight excluding hydrogens is 256 g/mol. The number of ether oxygens (including phenoxy) is 1. The van der Waals surface area contributed by atoms with E-state index in [0.717, 1.165) is 6.42 Å². The predicted molar refractivity (Wildman–Crippen MR) is 67.6 cm³/mol. The average Bonchev–Trinajstić information content (AvgIpc) is 2.24. The van der Waals surface area contributed by atoms with Crippen LogP contribution in [0, 0.1) is 6.92 Å². The van der Waals surface area contributed by atoms with Gasteiger partial charge >= 0.3 is 5.97 Å². The smallest absolute Gasteiger partial charge is 0.314 e. The van der Waals surface area contributed by atoms with E-state index in [4.69, 9.17) is 16.3 Å². The standard InChI is InChI=1S/C13H15ClO4/c1-7-9(14)6-8(10(15)11(7)18-2)13(12(16)17)4-3-5-13/h6,15H,3-5H2,1-2H3,(H,16,17). The summed E-state index contributed by atoms with van der Waals surface area (Å²) in [4.78, 5) is 11.5. The molecule has 0 bridgehead atoms. The molecule has 0 radical (unpaired) electrons. The largest absolute Gasteiger partial charge is 0.504 e. The SMILES string of the molecule is COc1c(C)c(Cl)cc(C2(C(=O)O)CCC2)c1O. The van der Waals surface area contributed by atoms with Gasteiger partial charge in [0.2, 0.25) is 0 Å². The molecule has 5 heteroatoms. The molecule has 1 aromatic rings. The van der Waals surface area contributed by atoms with Crippen LogP contribution in [0.25, 0.3) is 0 Å². The topological polar surface area (TPSA) is 66.8 Å². The third kappa shape index (κ3) is 1.63. The lowest BCUT2D eigenvalue weighted by molar-refractivity contribution is -0.147. The molecular formula is C13H15ClO4. The molecule has 1 aliphatic carbocycles. The van der Waals surface area contributed by atoms with Gasteiger partial charge in [-0.05, 0) is 25.8 Å². The number of phenols is 1. The molecule has 4 nitrogen and oxygen atoms in total. The molecule has 0 atom stereocenters. The van der Waals surface area contributed by atoms with E-state index in [1.165, 1.54) is 7.11 Å². The minimum Gasteiger partial charge on any atom is -0.504 e. The number of methoxy groups -OCH3 is 1. The van der Waals surface area contributed by atoms with Crippen LogP contribution in [0.2, 0.25) is 5.02 Å². The summed E-state index contributed by atoms with van der Waals surface area (Å²) in [7, 11) is 1.43. The molecule has 18 heavy (non-hydrogen) atoms. The highest BCUT2D eigenvalue weighted by molar-refractivity contribution is 6.31. The summed E-state index contributed by atoms with van der Waals surface area (Å²) in [6.07, 6.45) is 1.86. The summed E-state index contributed by atoms with van der Waals surface area (Å²) >= 11 is 6.08. The number of benzene rings is 1. The number of halogens is 1.